The Morgan fingerprint density at radius 1 is 1.33 bits per heavy atom. The van der Waals surface area contributed by atoms with Gasteiger partial charge in [0.15, 0.2) is 0 Å². The third-order valence-corrected chi connectivity index (χ3v) is 2.79. The van der Waals surface area contributed by atoms with Gasteiger partial charge in [0.25, 0.3) is 0 Å². The van der Waals surface area contributed by atoms with Gasteiger partial charge in [-0.05, 0) is 43.5 Å². The number of hydrogen-bond donors (Lipinski definition) is 1. The van der Waals surface area contributed by atoms with Crippen molar-refractivity contribution in [3.05, 3.63) is 47.3 Å². The van der Waals surface area contributed by atoms with Crippen LogP contribution in [0.4, 0.5) is 4.39 Å². The smallest absolute Gasteiger partial charge is 0.244 e. The van der Waals surface area contributed by atoms with E-state index in [9.17, 15) is 9.18 Å². The zero-order valence-electron chi connectivity index (χ0n) is 10.2. The molecule has 0 unspecified atom stereocenters. The van der Waals surface area contributed by atoms with E-state index in [1.54, 1.807) is 12.1 Å². The molecule has 0 saturated carbocycles. The second-order valence-corrected chi connectivity index (χ2v) is 4.43. The molecule has 94 valence electrons. The number of hydrogen-bond acceptors (Lipinski definition) is 2. The molecule has 0 saturated heterocycles. The Morgan fingerprint density at radius 2 is 2.06 bits per heavy atom. The normalized spacial score (nSPS) is 16.8. The van der Waals surface area contributed by atoms with Crippen molar-refractivity contribution in [2.75, 3.05) is 0 Å². The first-order valence-corrected chi connectivity index (χ1v) is 5.90. The van der Waals surface area contributed by atoms with Crippen LogP contribution in [0.25, 0.3) is 0 Å². The zero-order chi connectivity index (χ0) is 13.0. The molecule has 1 aliphatic carbocycles. The topological polar surface area (TPSA) is 41.5 Å². The van der Waals surface area contributed by atoms with Gasteiger partial charge in [-0.2, -0.15) is 5.10 Å². The first kappa shape index (κ1) is 12.5. The Balaban J connectivity index is 1.88. The minimum Gasteiger partial charge on any atom is -0.273 e. The number of carbonyl (C=O) groups excluding carboxylic acids is 1. The maximum atomic E-state index is 12.7. The van der Waals surface area contributed by atoms with E-state index in [-0.39, 0.29) is 18.1 Å². The molecule has 1 amide bonds. The van der Waals surface area contributed by atoms with Gasteiger partial charge in [-0.15, -0.1) is 0 Å². The first-order chi connectivity index (χ1) is 8.63. The molecule has 0 heterocycles. The molecule has 1 aromatic carbocycles. The molecule has 0 spiro atoms. The standard InChI is InChI=1S/C14H15FN2O/c1-10-2-7-13(8-10)16-17-14(18)9-11-3-5-12(15)6-4-11/h3-6,8H,2,7,9H2,1H3,(H,17,18). The zero-order valence-corrected chi connectivity index (χ0v) is 10.2. The molecule has 0 aliphatic heterocycles. The maximum Gasteiger partial charge on any atom is 0.244 e. The fraction of sp³-hybridized carbons (Fsp3) is 0.286. The van der Waals surface area contributed by atoms with Gasteiger partial charge in [0.1, 0.15) is 5.82 Å². The third-order valence-electron chi connectivity index (χ3n) is 2.79. The maximum absolute atomic E-state index is 12.7. The number of nitrogens with one attached hydrogen (secondary N) is 1. The summed E-state index contributed by atoms with van der Waals surface area (Å²) in [6.07, 6.45) is 4.08. The van der Waals surface area contributed by atoms with E-state index in [2.05, 4.69) is 10.5 Å². The van der Waals surface area contributed by atoms with Gasteiger partial charge in [-0.1, -0.05) is 17.7 Å². The summed E-state index contributed by atoms with van der Waals surface area (Å²) in [7, 11) is 0. The first-order valence-electron chi connectivity index (χ1n) is 5.90. The number of hydrazone groups is 1. The number of allylic oxidation sites excluding steroid dienone is 2. The predicted octanol–water partition coefficient (Wildman–Crippen LogP) is 2.58. The summed E-state index contributed by atoms with van der Waals surface area (Å²) in [5.41, 5.74) is 5.47. The lowest BCUT2D eigenvalue weighted by molar-refractivity contribution is -0.120. The fourth-order valence-electron chi connectivity index (χ4n) is 1.80. The van der Waals surface area contributed by atoms with Gasteiger partial charge in [-0.25, -0.2) is 9.82 Å². The highest BCUT2D eigenvalue weighted by Crippen LogP contribution is 2.14. The van der Waals surface area contributed by atoms with Crippen molar-refractivity contribution < 1.29 is 9.18 Å². The van der Waals surface area contributed by atoms with E-state index in [1.807, 2.05) is 13.0 Å². The minimum absolute atomic E-state index is 0.188. The largest absolute Gasteiger partial charge is 0.273 e. The number of nitrogens with zero attached hydrogens (tertiary/aromatic N) is 1. The Kier molecular flexibility index (Phi) is 3.87. The van der Waals surface area contributed by atoms with Gasteiger partial charge in [-0.3, -0.25) is 4.79 Å². The lowest BCUT2D eigenvalue weighted by atomic mass is 10.1. The van der Waals surface area contributed by atoms with Gasteiger partial charge < -0.3 is 0 Å². The Bertz CT molecular complexity index is 503. The molecule has 0 fully saturated rings. The van der Waals surface area contributed by atoms with E-state index >= 15 is 0 Å². The number of amides is 1. The van der Waals surface area contributed by atoms with Gasteiger partial charge in [0.2, 0.25) is 5.91 Å². The lowest BCUT2D eigenvalue weighted by Gasteiger charge is -2.01. The molecule has 18 heavy (non-hydrogen) atoms. The van der Waals surface area contributed by atoms with Crippen LogP contribution in [0, 0.1) is 5.82 Å². The predicted molar refractivity (Wildman–Crippen MR) is 68.7 cm³/mol. The highest BCUT2D eigenvalue weighted by atomic mass is 19.1. The SMILES string of the molecule is CC1=CC(=NNC(=O)Cc2ccc(F)cc2)CC1. The molecule has 3 nitrogen and oxygen atoms in total. The molecule has 0 radical (unpaired) electrons. The molecular weight excluding hydrogens is 231 g/mol. The van der Waals surface area contributed by atoms with Crippen molar-refractivity contribution in [1.82, 2.24) is 5.43 Å². The summed E-state index contributed by atoms with van der Waals surface area (Å²) >= 11 is 0. The van der Waals surface area contributed by atoms with Gasteiger partial charge >= 0.3 is 0 Å². The summed E-state index contributed by atoms with van der Waals surface area (Å²) < 4.78 is 12.7. The van der Waals surface area contributed by atoms with Crippen LogP contribution in [0.15, 0.2) is 41.0 Å². The number of rotatable bonds is 3. The van der Waals surface area contributed by atoms with E-state index in [4.69, 9.17) is 0 Å². The quantitative estimate of drug-likeness (QED) is 0.818. The van der Waals surface area contributed by atoms with Crippen LogP contribution < -0.4 is 5.43 Å². The van der Waals surface area contributed by atoms with E-state index in [0.29, 0.717) is 0 Å². The molecular formula is C14H15FN2O. The van der Waals surface area contributed by atoms with Crippen LogP contribution in [0.5, 0.6) is 0 Å². The molecule has 1 aromatic rings. The second kappa shape index (κ2) is 5.58. The second-order valence-electron chi connectivity index (χ2n) is 4.43. The fourth-order valence-corrected chi connectivity index (χ4v) is 1.80. The van der Waals surface area contributed by atoms with Crippen LogP contribution in [0.2, 0.25) is 0 Å². The molecule has 2 rings (SSSR count). The lowest BCUT2D eigenvalue weighted by Crippen LogP contribution is -2.20. The number of carbonyl (C=O) groups is 1. The molecule has 1 N–H and O–H groups in total. The van der Waals surface area contributed by atoms with Crippen molar-refractivity contribution in [2.24, 2.45) is 5.10 Å². The minimum atomic E-state index is -0.300. The average molecular weight is 246 g/mol. The van der Waals surface area contributed by atoms with Crippen molar-refractivity contribution >= 4 is 11.6 Å². The van der Waals surface area contributed by atoms with E-state index in [1.165, 1.54) is 17.7 Å². The molecule has 1 aliphatic rings. The molecule has 0 aromatic heterocycles. The molecule has 4 heteroatoms. The summed E-state index contributed by atoms with van der Waals surface area (Å²) in [4.78, 5) is 11.6. The van der Waals surface area contributed by atoms with Crippen LogP contribution in [-0.4, -0.2) is 11.6 Å². The third kappa shape index (κ3) is 3.52. The summed E-state index contributed by atoms with van der Waals surface area (Å²) in [6, 6.07) is 5.89. The van der Waals surface area contributed by atoms with E-state index in [0.717, 1.165) is 24.1 Å². The van der Waals surface area contributed by atoms with Crippen molar-refractivity contribution in [1.29, 1.82) is 0 Å². The van der Waals surface area contributed by atoms with Crippen LogP contribution in [0.1, 0.15) is 25.3 Å². The highest BCUT2D eigenvalue weighted by molar-refractivity contribution is 5.98. The number of benzene rings is 1. The van der Waals surface area contributed by atoms with Crippen molar-refractivity contribution in [2.45, 2.75) is 26.2 Å². The Morgan fingerprint density at radius 3 is 2.67 bits per heavy atom. The Labute approximate surface area is 105 Å². The molecule has 0 atom stereocenters. The van der Waals surface area contributed by atoms with E-state index < -0.39 is 0 Å². The van der Waals surface area contributed by atoms with Crippen molar-refractivity contribution in [3.8, 4) is 0 Å². The average Bonchev–Trinajstić information content (AvgIpc) is 2.76. The highest BCUT2D eigenvalue weighted by Gasteiger charge is 2.07. The van der Waals surface area contributed by atoms with Gasteiger partial charge in [0.05, 0.1) is 12.1 Å². The van der Waals surface area contributed by atoms with Crippen LogP contribution in [0.3, 0.4) is 0 Å². The van der Waals surface area contributed by atoms with Crippen LogP contribution in [-0.2, 0) is 11.2 Å². The number of halogens is 1. The molecule has 0 bridgehead atoms. The monoisotopic (exact) mass is 246 g/mol. The summed E-state index contributed by atoms with van der Waals surface area (Å²) in [6.45, 7) is 2.04. The Hall–Kier alpha value is -1.97. The van der Waals surface area contributed by atoms with Crippen molar-refractivity contribution in [3.63, 3.8) is 0 Å². The van der Waals surface area contributed by atoms with Gasteiger partial charge in [0, 0.05) is 0 Å². The summed E-state index contributed by atoms with van der Waals surface area (Å²) in [5.74, 6) is -0.488. The van der Waals surface area contributed by atoms with Crippen LogP contribution >= 0.6 is 0 Å². The summed E-state index contributed by atoms with van der Waals surface area (Å²) in [5, 5.41) is 4.05.